The monoisotopic (exact) mass is 460 g/mol. The number of aliphatic carboxylic acids is 1. The van der Waals surface area contributed by atoms with Gasteiger partial charge in [0.25, 0.3) is 5.91 Å². The van der Waals surface area contributed by atoms with Crippen LogP contribution in [0.5, 0.6) is 0 Å². The number of carbonyl (C=O) groups is 2. The number of anilines is 1. The molecule has 2 unspecified atom stereocenters. The highest BCUT2D eigenvalue weighted by Crippen LogP contribution is 2.36. The average molecular weight is 460 g/mol. The number of amides is 1. The largest absolute Gasteiger partial charge is 0.490 e. The minimum Gasteiger partial charge on any atom is -0.475 e. The molecular weight excluding hydrogens is 440 g/mol. The summed E-state index contributed by atoms with van der Waals surface area (Å²) in [4.78, 5) is 31.0. The summed E-state index contributed by atoms with van der Waals surface area (Å²) >= 11 is 0. The molecule has 4 heterocycles. The van der Waals surface area contributed by atoms with Gasteiger partial charge in [-0.25, -0.2) is 19.2 Å². The summed E-state index contributed by atoms with van der Waals surface area (Å²) in [6, 6.07) is 3.42. The predicted molar refractivity (Wildman–Crippen MR) is 100 cm³/mol. The van der Waals surface area contributed by atoms with Crippen LogP contribution < -0.4 is 5.32 Å². The number of nitrogens with zero attached hydrogens (tertiary/aromatic N) is 3. The number of aromatic nitrogens is 2. The zero-order valence-corrected chi connectivity index (χ0v) is 16.6. The van der Waals surface area contributed by atoms with Gasteiger partial charge in [-0.15, -0.1) is 0 Å². The number of carboxylic acid groups (broad SMARTS) is 1. The normalized spacial score (nSPS) is 22.9. The zero-order chi connectivity index (χ0) is 23.4. The van der Waals surface area contributed by atoms with Crippen LogP contribution >= 0.6 is 0 Å². The molecule has 2 aliphatic rings. The SMILES string of the molecule is O=C(O)C(F)(F)F.O=C(c1ccco1)N1CCCC2(CC(Nc3ncc(F)cn3)CO2)C1. The van der Waals surface area contributed by atoms with Crippen LogP contribution in [0.1, 0.15) is 29.8 Å². The average Bonchev–Trinajstić information content (AvgIpc) is 3.40. The van der Waals surface area contributed by atoms with Crippen LogP contribution in [-0.4, -0.2) is 69.4 Å². The van der Waals surface area contributed by atoms with E-state index in [1.165, 1.54) is 6.26 Å². The first-order valence-corrected chi connectivity index (χ1v) is 9.59. The predicted octanol–water partition coefficient (Wildman–Crippen LogP) is 2.72. The lowest BCUT2D eigenvalue weighted by atomic mass is 9.88. The van der Waals surface area contributed by atoms with Crippen molar-refractivity contribution in [1.82, 2.24) is 14.9 Å². The Labute approximate surface area is 179 Å². The molecule has 0 aromatic carbocycles. The number of piperidine rings is 1. The number of halogens is 4. The van der Waals surface area contributed by atoms with Crippen LogP contribution in [0.15, 0.2) is 35.2 Å². The first-order chi connectivity index (χ1) is 15.1. The lowest BCUT2D eigenvalue weighted by molar-refractivity contribution is -0.192. The highest BCUT2D eigenvalue weighted by molar-refractivity contribution is 5.91. The number of nitrogens with one attached hydrogen (secondary N) is 1. The van der Waals surface area contributed by atoms with E-state index in [4.69, 9.17) is 19.1 Å². The Morgan fingerprint density at radius 1 is 1.28 bits per heavy atom. The van der Waals surface area contributed by atoms with Gasteiger partial charge in [-0.1, -0.05) is 0 Å². The third kappa shape index (κ3) is 5.93. The molecule has 2 fully saturated rings. The number of furan rings is 1. The number of carbonyl (C=O) groups excluding carboxylic acids is 1. The van der Waals surface area contributed by atoms with Crippen molar-refractivity contribution in [2.45, 2.75) is 37.1 Å². The Bertz CT molecular complexity index is 923. The number of hydrogen-bond acceptors (Lipinski definition) is 7. The summed E-state index contributed by atoms with van der Waals surface area (Å²) < 4.78 is 55.9. The molecule has 0 radical (unpaired) electrons. The molecule has 0 saturated carbocycles. The van der Waals surface area contributed by atoms with E-state index in [1.54, 1.807) is 17.0 Å². The maximum atomic E-state index is 12.9. The Balaban J connectivity index is 0.000000360. The van der Waals surface area contributed by atoms with Gasteiger partial charge in [0.15, 0.2) is 11.6 Å². The molecule has 0 aliphatic carbocycles. The van der Waals surface area contributed by atoms with Gasteiger partial charge in [-0.3, -0.25) is 4.79 Å². The van der Waals surface area contributed by atoms with Crippen molar-refractivity contribution < 1.29 is 41.4 Å². The van der Waals surface area contributed by atoms with E-state index in [1.807, 2.05) is 0 Å². The van der Waals surface area contributed by atoms with E-state index in [0.29, 0.717) is 31.4 Å². The molecule has 2 N–H and O–H groups in total. The van der Waals surface area contributed by atoms with Crippen molar-refractivity contribution in [1.29, 1.82) is 0 Å². The fourth-order valence-electron chi connectivity index (χ4n) is 3.62. The maximum Gasteiger partial charge on any atom is 0.490 e. The van der Waals surface area contributed by atoms with Gasteiger partial charge in [0.1, 0.15) is 0 Å². The van der Waals surface area contributed by atoms with Crippen LogP contribution in [0, 0.1) is 5.82 Å². The summed E-state index contributed by atoms with van der Waals surface area (Å²) in [5, 5.41) is 10.3. The second kappa shape index (κ2) is 9.51. The molecule has 32 heavy (non-hydrogen) atoms. The van der Waals surface area contributed by atoms with Gasteiger partial charge in [-0.2, -0.15) is 13.2 Å². The van der Waals surface area contributed by atoms with E-state index in [0.717, 1.165) is 31.7 Å². The van der Waals surface area contributed by atoms with Crippen molar-refractivity contribution in [3.8, 4) is 0 Å². The first-order valence-electron chi connectivity index (χ1n) is 9.59. The van der Waals surface area contributed by atoms with Crippen LogP contribution in [-0.2, 0) is 9.53 Å². The zero-order valence-electron chi connectivity index (χ0n) is 16.6. The fraction of sp³-hybridized carbons (Fsp3) is 0.474. The number of carboxylic acids is 1. The third-order valence-electron chi connectivity index (χ3n) is 4.96. The number of rotatable bonds is 3. The summed E-state index contributed by atoms with van der Waals surface area (Å²) in [5.41, 5.74) is -0.363. The molecule has 2 atom stereocenters. The summed E-state index contributed by atoms with van der Waals surface area (Å²) in [7, 11) is 0. The van der Waals surface area contributed by atoms with Crippen LogP contribution in [0.4, 0.5) is 23.5 Å². The molecule has 1 spiro atoms. The van der Waals surface area contributed by atoms with E-state index in [-0.39, 0.29) is 17.6 Å². The van der Waals surface area contributed by atoms with Crippen molar-refractivity contribution >= 4 is 17.8 Å². The van der Waals surface area contributed by atoms with E-state index < -0.39 is 18.0 Å². The molecule has 13 heteroatoms. The lowest BCUT2D eigenvalue weighted by Crippen LogP contribution is -2.50. The van der Waals surface area contributed by atoms with E-state index in [2.05, 4.69) is 15.3 Å². The minimum atomic E-state index is -5.08. The Morgan fingerprint density at radius 2 is 1.97 bits per heavy atom. The van der Waals surface area contributed by atoms with Crippen molar-refractivity contribution in [2.75, 3.05) is 25.0 Å². The highest BCUT2D eigenvalue weighted by Gasteiger charge is 2.45. The number of hydrogen-bond donors (Lipinski definition) is 2. The Hall–Kier alpha value is -3.22. The van der Waals surface area contributed by atoms with Gasteiger partial charge in [0.05, 0.1) is 43.5 Å². The van der Waals surface area contributed by atoms with E-state index >= 15 is 0 Å². The molecular formula is C19H20F4N4O5. The van der Waals surface area contributed by atoms with Gasteiger partial charge >= 0.3 is 12.1 Å². The van der Waals surface area contributed by atoms with Gasteiger partial charge in [-0.05, 0) is 25.0 Å². The topological polar surface area (TPSA) is 118 Å². The summed E-state index contributed by atoms with van der Waals surface area (Å²) in [6.07, 6.45) is 1.21. The molecule has 2 aliphatic heterocycles. The van der Waals surface area contributed by atoms with Crippen molar-refractivity contribution in [3.05, 3.63) is 42.4 Å². The molecule has 4 rings (SSSR count). The van der Waals surface area contributed by atoms with Crippen LogP contribution in [0.25, 0.3) is 0 Å². The van der Waals surface area contributed by atoms with Gasteiger partial charge in [0, 0.05) is 13.0 Å². The summed E-state index contributed by atoms with van der Waals surface area (Å²) in [6.45, 7) is 1.74. The Morgan fingerprint density at radius 3 is 2.56 bits per heavy atom. The Kier molecular flexibility index (Phi) is 6.96. The van der Waals surface area contributed by atoms with Crippen molar-refractivity contribution in [3.63, 3.8) is 0 Å². The molecule has 2 aromatic rings. The van der Waals surface area contributed by atoms with Crippen LogP contribution in [0.2, 0.25) is 0 Å². The van der Waals surface area contributed by atoms with E-state index in [9.17, 15) is 22.4 Å². The quantitative estimate of drug-likeness (QED) is 0.672. The highest BCUT2D eigenvalue weighted by atomic mass is 19.4. The molecule has 9 nitrogen and oxygen atoms in total. The molecule has 174 valence electrons. The maximum absolute atomic E-state index is 12.9. The third-order valence-corrected chi connectivity index (χ3v) is 4.96. The standard InChI is InChI=1S/C17H19FN4O3.C2HF3O2/c18-12-8-19-16(20-9-12)21-13-7-17(25-10-13)4-2-5-22(11-17)15(23)14-3-1-6-24-14;3-2(4,5)1(6)7/h1,3,6,8-9,13H,2,4-5,7,10-11H2,(H,19,20,21);(H,6,7). The second-order valence-corrected chi connectivity index (χ2v) is 7.37. The minimum absolute atomic E-state index is 0.0316. The molecule has 0 bridgehead atoms. The van der Waals surface area contributed by atoms with Gasteiger partial charge < -0.3 is 24.5 Å². The fourth-order valence-corrected chi connectivity index (χ4v) is 3.62. The van der Waals surface area contributed by atoms with Gasteiger partial charge in [0.2, 0.25) is 5.95 Å². The van der Waals surface area contributed by atoms with Crippen molar-refractivity contribution in [2.24, 2.45) is 0 Å². The molecule has 2 aromatic heterocycles. The number of ether oxygens (including phenoxy) is 1. The first kappa shape index (κ1) is 23.4. The smallest absolute Gasteiger partial charge is 0.475 e. The lowest BCUT2D eigenvalue weighted by Gasteiger charge is -2.39. The summed E-state index contributed by atoms with van der Waals surface area (Å²) in [5.74, 6) is -2.60. The molecule has 2 saturated heterocycles. The second-order valence-electron chi connectivity index (χ2n) is 7.37. The number of likely N-dealkylation sites (tertiary alicyclic amines) is 1. The number of alkyl halides is 3. The molecule has 1 amide bonds. The van der Waals surface area contributed by atoms with Crippen LogP contribution in [0.3, 0.4) is 0 Å².